The summed E-state index contributed by atoms with van der Waals surface area (Å²) in [6.45, 7) is 6.22. The van der Waals surface area contributed by atoms with Gasteiger partial charge in [-0.2, -0.15) is 0 Å². The number of nitrogens with zero attached hydrogens (tertiary/aromatic N) is 3. The number of aromatic nitrogens is 2. The van der Waals surface area contributed by atoms with Crippen molar-refractivity contribution >= 4 is 29.0 Å². The molecule has 7 nitrogen and oxygen atoms in total. The highest BCUT2D eigenvalue weighted by molar-refractivity contribution is 7.80. The van der Waals surface area contributed by atoms with Gasteiger partial charge in [0.25, 0.3) is 0 Å². The summed E-state index contributed by atoms with van der Waals surface area (Å²) in [5.41, 5.74) is 7.58. The lowest BCUT2D eigenvalue weighted by Gasteiger charge is -2.28. The SMILES string of the molecule is COC(=O)c1cccc(-n2c(C)cc([C@@H]3[C@@H](c4ccccn4)NC(=S)N3c3ccc(Oc4ccc(C)cc4)cc3)c2C)c1. The van der Waals surface area contributed by atoms with Gasteiger partial charge in [-0.1, -0.05) is 29.8 Å². The summed E-state index contributed by atoms with van der Waals surface area (Å²) in [7, 11) is 1.39. The fourth-order valence-corrected chi connectivity index (χ4v) is 6.09. The average molecular weight is 589 g/mol. The number of esters is 1. The Morgan fingerprint density at radius 1 is 0.860 bits per heavy atom. The summed E-state index contributed by atoms with van der Waals surface area (Å²) in [5.74, 6) is 1.16. The van der Waals surface area contributed by atoms with Crippen molar-refractivity contribution in [3.63, 3.8) is 0 Å². The zero-order valence-electron chi connectivity index (χ0n) is 24.4. The summed E-state index contributed by atoms with van der Waals surface area (Å²) in [6, 6.07) is 31.2. The Morgan fingerprint density at radius 2 is 1.58 bits per heavy atom. The number of aryl methyl sites for hydroxylation is 2. The normalized spacial score (nSPS) is 16.2. The van der Waals surface area contributed by atoms with Crippen molar-refractivity contribution in [1.82, 2.24) is 14.9 Å². The largest absolute Gasteiger partial charge is 0.465 e. The van der Waals surface area contributed by atoms with Gasteiger partial charge in [0.15, 0.2) is 5.11 Å². The van der Waals surface area contributed by atoms with E-state index in [1.54, 1.807) is 12.3 Å². The van der Waals surface area contributed by atoms with Crippen LogP contribution in [0, 0.1) is 20.8 Å². The number of methoxy groups -OCH3 is 1. The second-order valence-electron chi connectivity index (χ2n) is 10.6. The molecule has 6 rings (SSSR count). The molecule has 3 aromatic carbocycles. The van der Waals surface area contributed by atoms with Crippen LogP contribution in [0.2, 0.25) is 0 Å². The summed E-state index contributed by atoms with van der Waals surface area (Å²) in [5, 5.41) is 4.16. The van der Waals surface area contributed by atoms with Crippen LogP contribution in [0.5, 0.6) is 11.5 Å². The number of carbonyl (C=O) groups excluding carboxylic acids is 1. The molecule has 1 aliphatic rings. The molecular formula is C35H32N4O3S. The molecule has 0 saturated carbocycles. The molecule has 0 radical (unpaired) electrons. The molecule has 43 heavy (non-hydrogen) atoms. The molecule has 1 N–H and O–H groups in total. The van der Waals surface area contributed by atoms with Gasteiger partial charge >= 0.3 is 5.97 Å². The van der Waals surface area contributed by atoms with Crippen molar-refractivity contribution < 1.29 is 14.3 Å². The molecule has 3 heterocycles. The second-order valence-corrected chi connectivity index (χ2v) is 11.0. The van der Waals surface area contributed by atoms with E-state index in [4.69, 9.17) is 26.7 Å². The van der Waals surface area contributed by atoms with Crippen LogP contribution in [0.3, 0.4) is 0 Å². The molecule has 0 bridgehead atoms. The molecule has 1 aliphatic heterocycles. The van der Waals surface area contributed by atoms with Gasteiger partial charge in [0.1, 0.15) is 11.5 Å². The van der Waals surface area contributed by atoms with Crippen LogP contribution in [-0.2, 0) is 4.74 Å². The first-order chi connectivity index (χ1) is 20.8. The van der Waals surface area contributed by atoms with Crippen molar-refractivity contribution in [2.75, 3.05) is 12.0 Å². The minimum absolute atomic E-state index is 0.185. The lowest BCUT2D eigenvalue weighted by molar-refractivity contribution is 0.0600. The lowest BCUT2D eigenvalue weighted by atomic mass is 9.96. The van der Waals surface area contributed by atoms with Crippen LogP contribution in [0.4, 0.5) is 5.69 Å². The molecular weight excluding hydrogens is 556 g/mol. The average Bonchev–Trinajstić information content (AvgIpc) is 3.53. The van der Waals surface area contributed by atoms with Gasteiger partial charge in [-0.05, 0) is 111 Å². The van der Waals surface area contributed by atoms with Crippen LogP contribution in [0.1, 0.15) is 50.7 Å². The topological polar surface area (TPSA) is 68.6 Å². The van der Waals surface area contributed by atoms with Crippen molar-refractivity contribution in [1.29, 1.82) is 0 Å². The van der Waals surface area contributed by atoms with Crippen molar-refractivity contribution in [2.45, 2.75) is 32.9 Å². The minimum Gasteiger partial charge on any atom is -0.465 e. The van der Waals surface area contributed by atoms with E-state index in [1.165, 1.54) is 12.7 Å². The maximum absolute atomic E-state index is 12.3. The first-order valence-corrected chi connectivity index (χ1v) is 14.5. The number of pyridine rings is 1. The van der Waals surface area contributed by atoms with Gasteiger partial charge in [0, 0.05) is 29.0 Å². The van der Waals surface area contributed by atoms with Crippen molar-refractivity contribution in [3.8, 4) is 17.2 Å². The number of thiocarbonyl (C=S) groups is 1. The highest BCUT2D eigenvalue weighted by Crippen LogP contribution is 2.44. The first-order valence-electron chi connectivity index (χ1n) is 14.1. The van der Waals surface area contributed by atoms with E-state index < -0.39 is 0 Å². The number of anilines is 1. The van der Waals surface area contributed by atoms with Gasteiger partial charge in [0.2, 0.25) is 0 Å². The Bertz CT molecular complexity index is 1780. The van der Waals surface area contributed by atoms with E-state index in [0.29, 0.717) is 10.7 Å². The van der Waals surface area contributed by atoms with Crippen molar-refractivity contribution in [3.05, 3.63) is 137 Å². The third kappa shape index (κ3) is 5.49. The second kappa shape index (κ2) is 11.7. The van der Waals surface area contributed by atoms with E-state index in [2.05, 4.69) is 41.6 Å². The Morgan fingerprint density at radius 3 is 2.26 bits per heavy atom. The highest BCUT2D eigenvalue weighted by Gasteiger charge is 2.42. The Hall–Kier alpha value is -4.95. The van der Waals surface area contributed by atoms with Gasteiger partial charge in [0.05, 0.1) is 30.5 Å². The molecule has 8 heteroatoms. The van der Waals surface area contributed by atoms with Crippen LogP contribution in [0.25, 0.3) is 5.69 Å². The molecule has 2 aromatic heterocycles. The fourth-order valence-electron chi connectivity index (χ4n) is 5.74. The number of hydrogen-bond acceptors (Lipinski definition) is 5. The van der Waals surface area contributed by atoms with E-state index in [-0.39, 0.29) is 18.1 Å². The number of hydrogen-bond donors (Lipinski definition) is 1. The number of rotatable bonds is 7. The number of carbonyl (C=O) groups is 1. The Kier molecular flexibility index (Phi) is 7.69. The van der Waals surface area contributed by atoms with Crippen molar-refractivity contribution in [2.24, 2.45) is 0 Å². The minimum atomic E-state index is -0.369. The van der Waals surface area contributed by atoms with Gasteiger partial charge in [-0.25, -0.2) is 4.79 Å². The quantitative estimate of drug-likeness (QED) is 0.155. The van der Waals surface area contributed by atoms with Gasteiger partial charge in [-0.3, -0.25) is 4.98 Å². The van der Waals surface area contributed by atoms with E-state index in [1.807, 2.05) is 84.9 Å². The number of ether oxygens (including phenoxy) is 2. The third-order valence-corrected chi connectivity index (χ3v) is 8.10. The molecule has 2 atom stereocenters. The Balaban J connectivity index is 1.40. The standard InChI is InChI=1S/C35H32N4O3S/c1-22-11-15-28(16-12-22)42-29-17-13-26(14-18-29)39-33(32(37-35(39)43)31-10-5-6-19-36-31)30-20-23(2)38(24(30)3)27-9-7-8-25(21-27)34(40)41-4/h5-21,32-33H,1-4H3,(H,37,43)/t32-,33-/m1/s1. The van der Waals surface area contributed by atoms with E-state index >= 15 is 0 Å². The highest BCUT2D eigenvalue weighted by atomic mass is 32.1. The monoisotopic (exact) mass is 588 g/mol. The molecule has 0 spiro atoms. The molecule has 5 aromatic rings. The van der Waals surface area contributed by atoms with Crippen LogP contribution in [0.15, 0.2) is 103 Å². The maximum Gasteiger partial charge on any atom is 0.337 e. The van der Waals surface area contributed by atoms with Crippen LogP contribution in [-0.4, -0.2) is 27.7 Å². The Labute approximate surface area is 256 Å². The fraction of sp³-hybridized carbons (Fsp3) is 0.171. The predicted octanol–water partition coefficient (Wildman–Crippen LogP) is 7.55. The van der Waals surface area contributed by atoms with E-state index in [9.17, 15) is 4.79 Å². The summed E-state index contributed by atoms with van der Waals surface area (Å²) in [6.07, 6.45) is 1.80. The lowest BCUT2D eigenvalue weighted by Crippen LogP contribution is -2.29. The van der Waals surface area contributed by atoms with Gasteiger partial charge in [-0.15, -0.1) is 0 Å². The third-order valence-electron chi connectivity index (χ3n) is 7.78. The number of benzene rings is 3. The molecule has 0 unspecified atom stereocenters. The molecule has 216 valence electrons. The zero-order valence-corrected chi connectivity index (χ0v) is 25.3. The summed E-state index contributed by atoms with van der Waals surface area (Å²) >= 11 is 5.96. The van der Waals surface area contributed by atoms with E-state index in [0.717, 1.165) is 45.5 Å². The maximum atomic E-state index is 12.3. The molecule has 0 aliphatic carbocycles. The van der Waals surface area contributed by atoms with Crippen LogP contribution < -0.4 is 15.0 Å². The smallest absolute Gasteiger partial charge is 0.337 e. The number of nitrogens with one attached hydrogen (secondary N) is 1. The summed E-state index contributed by atoms with van der Waals surface area (Å²) in [4.78, 5) is 19.1. The first kappa shape index (κ1) is 28.2. The molecule has 1 fully saturated rings. The zero-order chi connectivity index (χ0) is 30.1. The summed E-state index contributed by atoms with van der Waals surface area (Å²) < 4.78 is 13.2. The predicted molar refractivity (Wildman–Crippen MR) is 172 cm³/mol. The van der Waals surface area contributed by atoms with Crippen LogP contribution >= 0.6 is 12.2 Å². The molecule has 1 saturated heterocycles. The molecule has 0 amide bonds. The van der Waals surface area contributed by atoms with Gasteiger partial charge < -0.3 is 24.3 Å².